The second-order valence-electron chi connectivity index (χ2n) is 7.10. The van der Waals surface area contributed by atoms with Crippen molar-refractivity contribution < 1.29 is 23.1 Å². The quantitative estimate of drug-likeness (QED) is 0.588. The Bertz CT molecular complexity index is 957. The number of nitrogens with one attached hydrogen (secondary N) is 2. The average molecular weight is 441 g/mol. The number of piperazine rings is 1. The molecule has 0 saturated carbocycles. The van der Waals surface area contributed by atoms with Crippen LogP contribution >= 0.6 is 0 Å². The number of alkyl halides is 3. The van der Waals surface area contributed by atoms with Crippen molar-refractivity contribution in [1.29, 1.82) is 0 Å². The zero-order chi connectivity index (χ0) is 22.6. The van der Waals surface area contributed by atoms with E-state index in [1.807, 2.05) is 11.8 Å². The van der Waals surface area contributed by atoms with E-state index in [4.69, 9.17) is 0 Å². The summed E-state index contributed by atoms with van der Waals surface area (Å²) >= 11 is 0. The van der Waals surface area contributed by atoms with Crippen LogP contribution in [0.4, 0.5) is 24.9 Å². The number of carbonyl (C=O) groups excluding carboxylic acids is 1. The first-order chi connectivity index (χ1) is 14.6. The van der Waals surface area contributed by atoms with Gasteiger partial charge in [0.05, 0.1) is 0 Å². The van der Waals surface area contributed by atoms with Gasteiger partial charge in [0.2, 0.25) is 5.95 Å². The maximum Gasteiger partial charge on any atom is 0.421 e. The normalized spacial score (nSPS) is 15.6. The molecule has 0 aliphatic carbocycles. The number of hydrogen-bond donors (Lipinski definition) is 3. The van der Waals surface area contributed by atoms with Gasteiger partial charge in [0.1, 0.15) is 17.5 Å². The molecule has 13 heteroatoms. The molecule has 3 heterocycles. The lowest BCUT2D eigenvalue weighted by atomic mass is 10.2. The fraction of sp³-hybridized carbons (Fsp3) is 0.500. The standard InChI is InChI=1S/C18H22F3N7O3/c1-11-9-23-17(24-10-11)28-6-4-27(5-7-28)16(31)13(29)2-3-22-14-8-12(18(19,20)21)15(30)26-25-14/h8-10,13,29H,2-7H2,1H3,(H,22,25)(H,26,30)/t13-/m1/s1. The molecule has 2 aromatic rings. The van der Waals surface area contributed by atoms with Crippen molar-refractivity contribution in [2.24, 2.45) is 0 Å². The highest BCUT2D eigenvalue weighted by Gasteiger charge is 2.34. The Morgan fingerprint density at radius 3 is 2.52 bits per heavy atom. The van der Waals surface area contributed by atoms with E-state index in [2.05, 4.69) is 20.4 Å². The lowest BCUT2D eigenvalue weighted by Gasteiger charge is -2.35. The van der Waals surface area contributed by atoms with Gasteiger partial charge in [-0.1, -0.05) is 0 Å². The van der Waals surface area contributed by atoms with Crippen molar-refractivity contribution in [3.63, 3.8) is 0 Å². The number of nitrogens with zero attached hydrogens (tertiary/aromatic N) is 5. The monoisotopic (exact) mass is 441 g/mol. The molecule has 2 aromatic heterocycles. The van der Waals surface area contributed by atoms with Gasteiger partial charge in [0.25, 0.3) is 11.5 Å². The summed E-state index contributed by atoms with van der Waals surface area (Å²) in [6, 6.07) is 0.583. The minimum Gasteiger partial charge on any atom is -0.383 e. The third-order valence-corrected chi connectivity index (χ3v) is 4.76. The van der Waals surface area contributed by atoms with E-state index in [1.165, 1.54) is 4.90 Å². The molecule has 1 aliphatic heterocycles. The van der Waals surface area contributed by atoms with Gasteiger partial charge in [-0.05, 0) is 18.9 Å². The second-order valence-corrected chi connectivity index (χ2v) is 7.10. The van der Waals surface area contributed by atoms with Gasteiger partial charge in [-0.15, -0.1) is 0 Å². The number of aromatic amines is 1. The Morgan fingerprint density at radius 1 is 1.26 bits per heavy atom. The fourth-order valence-corrected chi connectivity index (χ4v) is 3.05. The van der Waals surface area contributed by atoms with E-state index in [0.717, 1.165) is 5.56 Å². The van der Waals surface area contributed by atoms with Gasteiger partial charge in [-0.3, -0.25) is 9.59 Å². The lowest BCUT2D eigenvalue weighted by Crippen LogP contribution is -2.52. The number of anilines is 2. The van der Waals surface area contributed by atoms with E-state index in [1.54, 1.807) is 17.5 Å². The highest BCUT2D eigenvalue weighted by Crippen LogP contribution is 2.27. The molecule has 0 radical (unpaired) electrons. The number of amides is 1. The minimum atomic E-state index is -4.81. The zero-order valence-corrected chi connectivity index (χ0v) is 16.7. The molecule has 1 fully saturated rings. The van der Waals surface area contributed by atoms with E-state index in [9.17, 15) is 27.9 Å². The maximum absolute atomic E-state index is 12.8. The van der Waals surface area contributed by atoms with Crippen LogP contribution in [0.15, 0.2) is 23.3 Å². The molecule has 10 nitrogen and oxygen atoms in total. The Labute approximate surface area is 175 Å². The summed E-state index contributed by atoms with van der Waals surface area (Å²) < 4.78 is 38.3. The van der Waals surface area contributed by atoms with Crippen LogP contribution in [0, 0.1) is 6.92 Å². The SMILES string of the molecule is Cc1cnc(N2CCN(C(=O)[C@H](O)CCNc3cc(C(F)(F)F)c(=O)[nH]n3)CC2)nc1. The van der Waals surface area contributed by atoms with Crippen molar-refractivity contribution in [3.05, 3.63) is 39.9 Å². The predicted molar refractivity (Wildman–Crippen MR) is 105 cm³/mol. The van der Waals surface area contributed by atoms with Crippen LogP contribution in [0.2, 0.25) is 0 Å². The molecule has 0 bridgehead atoms. The van der Waals surface area contributed by atoms with Crippen molar-refractivity contribution in [2.75, 3.05) is 42.9 Å². The third-order valence-electron chi connectivity index (χ3n) is 4.76. The molecule has 1 aliphatic rings. The summed E-state index contributed by atoms with van der Waals surface area (Å²) in [7, 11) is 0. The van der Waals surface area contributed by atoms with Crippen LogP contribution in [-0.2, 0) is 11.0 Å². The Hall–Kier alpha value is -3.22. The van der Waals surface area contributed by atoms with Crippen LogP contribution in [0.25, 0.3) is 0 Å². The smallest absolute Gasteiger partial charge is 0.383 e. The molecule has 3 rings (SSSR count). The number of rotatable bonds is 6. The van der Waals surface area contributed by atoms with Crippen LogP contribution in [0.1, 0.15) is 17.5 Å². The first-order valence-electron chi connectivity index (χ1n) is 9.56. The van der Waals surface area contributed by atoms with Crippen molar-refractivity contribution >= 4 is 17.7 Å². The maximum atomic E-state index is 12.8. The molecule has 168 valence electrons. The Morgan fingerprint density at radius 2 is 1.90 bits per heavy atom. The van der Waals surface area contributed by atoms with Crippen molar-refractivity contribution in [3.8, 4) is 0 Å². The van der Waals surface area contributed by atoms with Gasteiger partial charge in [-0.25, -0.2) is 15.1 Å². The molecule has 3 N–H and O–H groups in total. The molecule has 0 aromatic carbocycles. The number of aliphatic hydroxyl groups is 1. The number of H-pyrrole nitrogens is 1. The summed E-state index contributed by atoms with van der Waals surface area (Å²) in [6.45, 7) is 3.68. The summed E-state index contributed by atoms with van der Waals surface area (Å²) in [6.07, 6.45) is -2.74. The van der Waals surface area contributed by atoms with Gasteiger partial charge >= 0.3 is 6.18 Å². The molecule has 1 atom stereocenters. The minimum absolute atomic E-state index is 0.0135. The van der Waals surface area contributed by atoms with Crippen molar-refractivity contribution in [2.45, 2.75) is 25.6 Å². The number of aryl methyl sites for hydroxylation is 1. The van der Waals surface area contributed by atoms with E-state index in [0.29, 0.717) is 38.2 Å². The number of aliphatic hydroxyl groups excluding tert-OH is 1. The van der Waals surface area contributed by atoms with Gasteiger partial charge in [-0.2, -0.15) is 18.3 Å². The van der Waals surface area contributed by atoms with Gasteiger partial charge < -0.3 is 20.2 Å². The number of carbonyl (C=O) groups is 1. The average Bonchev–Trinajstić information content (AvgIpc) is 2.74. The lowest BCUT2D eigenvalue weighted by molar-refractivity contribution is -0.140. The largest absolute Gasteiger partial charge is 0.421 e. The predicted octanol–water partition coefficient (Wildman–Crippen LogP) is 0.399. The molecule has 0 spiro atoms. The number of aromatic nitrogens is 4. The van der Waals surface area contributed by atoms with E-state index < -0.39 is 29.3 Å². The van der Waals surface area contributed by atoms with Crippen LogP contribution < -0.4 is 15.8 Å². The first kappa shape index (κ1) is 22.5. The molecule has 1 amide bonds. The van der Waals surface area contributed by atoms with Crippen LogP contribution in [0.5, 0.6) is 0 Å². The number of hydrogen-bond acceptors (Lipinski definition) is 8. The van der Waals surface area contributed by atoms with Gasteiger partial charge in [0, 0.05) is 51.2 Å². The highest BCUT2D eigenvalue weighted by molar-refractivity contribution is 5.81. The second kappa shape index (κ2) is 9.29. The first-order valence-corrected chi connectivity index (χ1v) is 9.56. The Balaban J connectivity index is 1.47. The molecular formula is C18H22F3N7O3. The zero-order valence-electron chi connectivity index (χ0n) is 16.7. The molecular weight excluding hydrogens is 419 g/mol. The third kappa shape index (κ3) is 5.69. The number of halogens is 3. The van der Waals surface area contributed by atoms with Crippen molar-refractivity contribution in [1.82, 2.24) is 25.1 Å². The Kier molecular flexibility index (Phi) is 6.73. The fourth-order valence-electron chi connectivity index (χ4n) is 3.05. The topological polar surface area (TPSA) is 127 Å². The highest BCUT2D eigenvalue weighted by atomic mass is 19.4. The summed E-state index contributed by atoms with van der Waals surface area (Å²) in [5.74, 6) is -0.0935. The molecule has 0 unspecified atom stereocenters. The summed E-state index contributed by atoms with van der Waals surface area (Å²) in [5.41, 5.74) is -1.78. The van der Waals surface area contributed by atoms with E-state index in [-0.39, 0.29) is 18.8 Å². The summed E-state index contributed by atoms with van der Waals surface area (Å²) in [4.78, 5) is 35.7. The van der Waals surface area contributed by atoms with Gasteiger partial charge in [0.15, 0.2) is 0 Å². The molecule has 31 heavy (non-hydrogen) atoms. The molecule has 1 saturated heterocycles. The van der Waals surface area contributed by atoms with Crippen LogP contribution in [0.3, 0.4) is 0 Å². The summed E-state index contributed by atoms with van der Waals surface area (Å²) in [5, 5.41) is 18.0. The van der Waals surface area contributed by atoms with Crippen LogP contribution in [-0.4, -0.2) is 74.9 Å². The van der Waals surface area contributed by atoms with E-state index >= 15 is 0 Å².